The van der Waals surface area contributed by atoms with Gasteiger partial charge < -0.3 is 28.0 Å². The number of carbonyl (C=O) groups is 2. The summed E-state index contributed by atoms with van der Waals surface area (Å²) in [7, 11) is -4.14. The highest BCUT2D eigenvalue weighted by molar-refractivity contribution is 6.73. The Labute approximate surface area is 169 Å². The van der Waals surface area contributed by atoms with Gasteiger partial charge in [-0.15, -0.1) is 0 Å². The largest absolute Gasteiger partial charge is 0.545 e. The van der Waals surface area contributed by atoms with Crippen LogP contribution in [0.1, 0.15) is 40.5 Å². The number of carbonyl (C=O) groups excluding carboxylic acids is 2. The first-order valence-corrected chi connectivity index (χ1v) is 14.6. The summed E-state index contributed by atoms with van der Waals surface area (Å²) in [5.74, 6) is -4.10. The van der Waals surface area contributed by atoms with Crippen molar-refractivity contribution in [2.24, 2.45) is 5.41 Å². The smallest absolute Gasteiger partial charge is 0.393 e. The molecule has 0 aliphatic carbocycles. The van der Waals surface area contributed by atoms with E-state index in [1.165, 1.54) is 0 Å². The molecule has 0 aromatic carbocycles. The maximum absolute atomic E-state index is 12.7. The van der Waals surface area contributed by atoms with Crippen LogP contribution >= 0.6 is 0 Å². The summed E-state index contributed by atoms with van der Waals surface area (Å²) < 4.78 is 49.6. The van der Waals surface area contributed by atoms with Crippen molar-refractivity contribution in [3.05, 3.63) is 11.1 Å². The Balaban J connectivity index is 5.57. The number of aliphatic carboxylic acids is 2. The van der Waals surface area contributed by atoms with Crippen molar-refractivity contribution >= 4 is 40.0 Å². The quantitative estimate of drug-likeness (QED) is 0.251. The summed E-state index contributed by atoms with van der Waals surface area (Å²) in [6.07, 6.45) is -7.18. The first kappa shape index (κ1) is 27.0. The second-order valence-corrected chi connectivity index (χ2v) is 18.3. The van der Waals surface area contributed by atoms with E-state index < -0.39 is 80.6 Å². The number of hydrogen-bond acceptors (Lipinski definition) is 6. The minimum Gasteiger partial charge on any atom is -0.545 e. The Hall–Kier alpha value is -0.959. The van der Waals surface area contributed by atoms with Crippen LogP contribution in [0.2, 0.25) is 24.7 Å². The fraction of sp³-hybridized carbons (Fsp3) is 0.750. The van der Waals surface area contributed by atoms with Crippen molar-refractivity contribution < 1.29 is 41.2 Å². The van der Waals surface area contributed by atoms with E-state index >= 15 is 0 Å². The Morgan fingerprint density at radius 2 is 1.36 bits per heavy atom. The van der Waals surface area contributed by atoms with Gasteiger partial charge in [-0.3, -0.25) is 0 Å². The lowest BCUT2D eigenvalue weighted by Gasteiger charge is -2.42. The van der Waals surface area contributed by atoms with E-state index in [-0.39, 0.29) is 0 Å². The van der Waals surface area contributed by atoms with E-state index in [9.17, 15) is 33.0 Å². The molecule has 0 atom stereocenters. The molecular formula is C16H29F3O6Si3-2. The molecule has 28 heavy (non-hydrogen) atoms. The van der Waals surface area contributed by atoms with Crippen molar-refractivity contribution in [3.63, 3.8) is 0 Å². The molecule has 0 heterocycles. The van der Waals surface area contributed by atoms with E-state index in [2.05, 4.69) is 0 Å². The number of carboxylic acids is 2. The Morgan fingerprint density at radius 1 is 0.929 bits per heavy atom. The topological polar surface area (TPSA) is 98.7 Å². The van der Waals surface area contributed by atoms with E-state index in [0.29, 0.717) is 0 Å². The minimum atomic E-state index is -4.88. The summed E-state index contributed by atoms with van der Waals surface area (Å²) in [6.45, 7) is 13.1. The molecule has 0 aromatic rings. The molecule has 164 valence electrons. The summed E-state index contributed by atoms with van der Waals surface area (Å²) in [6, 6.07) is 0. The highest BCUT2D eigenvalue weighted by Crippen LogP contribution is 2.49. The molecule has 0 aliphatic heterocycles. The lowest BCUT2D eigenvalue weighted by atomic mass is 9.74. The molecule has 0 radical (unpaired) electrons. The third kappa shape index (κ3) is 9.50. The molecule has 0 spiro atoms. The van der Waals surface area contributed by atoms with Gasteiger partial charge in [0.15, 0.2) is 18.1 Å². The van der Waals surface area contributed by atoms with Gasteiger partial charge in [0.1, 0.15) is 0 Å². The van der Waals surface area contributed by atoms with Gasteiger partial charge in [0.2, 0.25) is 0 Å². The van der Waals surface area contributed by atoms with E-state index in [4.69, 9.17) is 8.23 Å². The molecule has 0 bridgehead atoms. The lowest BCUT2D eigenvalue weighted by molar-refractivity contribution is -0.305. The normalized spacial score (nSPS) is 15.5. The van der Waals surface area contributed by atoms with Crippen molar-refractivity contribution in [2.75, 3.05) is 0 Å². The fourth-order valence-corrected chi connectivity index (χ4v) is 7.58. The van der Waals surface area contributed by atoms with E-state index in [0.717, 1.165) is 0 Å². The molecule has 0 saturated heterocycles. The van der Waals surface area contributed by atoms with Crippen LogP contribution in [0.3, 0.4) is 0 Å². The van der Waals surface area contributed by atoms with Gasteiger partial charge in [0, 0.05) is 0 Å². The highest BCUT2D eigenvalue weighted by atomic mass is 28.4. The summed E-state index contributed by atoms with van der Waals surface area (Å²) >= 11 is 0. The number of alkyl halides is 3. The average molecular weight is 459 g/mol. The van der Waals surface area contributed by atoms with E-state index in [1.807, 2.05) is 33.5 Å². The predicted octanol–water partition coefficient (Wildman–Crippen LogP) is 0.301. The molecule has 0 aromatic heterocycles. The first-order valence-electron chi connectivity index (χ1n) is 8.72. The molecule has 12 heteroatoms. The van der Waals surface area contributed by atoms with Crippen LogP contribution in [0.5, 0.6) is 0 Å². The van der Waals surface area contributed by atoms with Crippen LogP contribution in [0.4, 0.5) is 13.2 Å². The van der Waals surface area contributed by atoms with Gasteiger partial charge in [-0.05, 0) is 47.7 Å². The zero-order valence-electron chi connectivity index (χ0n) is 17.4. The molecule has 0 saturated carbocycles. The van der Waals surface area contributed by atoms with E-state index in [1.54, 1.807) is 13.8 Å². The standard InChI is InChI=1S/C16H31F3O6Si3/c1-14(2,15(3,4)26-24-27-25-28(5,6)7)8-10(12(20)21)11(13(22)23)9-16(17,18)19/h8-9,26-27H2,1-7H3,(H,20,21)(H,22,23)/p-2/b11-10+. The fourth-order valence-electron chi connectivity index (χ4n) is 2.20. The number of halogens is 3. The molecule has 0 amide bonds. The van der Waals surface area contributed by atoms with Crippen LogP contribution in [0, 0.1) is 5.41 Å². The Morgan fingerprint density at radius 3 is 1.71 bits per heavy atom. The third-order valence-corrected chi connectivity index (χ3v) is 11.8. The van der Waals surface area contributed by atoms with Crippen LogP contribution in [-0.2, 0) is 17.8 Å². The molecule has 0 rings (SSSR count). The highest BCUT2D eigenvalue weighted by Gasteiger charge is 2.40. The SMILES string of the molecule is CC(C)(C/C(C(=O)[O-])=C(/CC(F)(F)F)C(=O)[O-])C(C)(C)[SiH2]O[SiH2]O[Si](C)(C)C. The third-order valence-electron chi connectivity index (χ3n) is 4.72. The molecule has 6 nitrogen and oxygen atoms in total. The lowest BCUT2D eigenvalue weighted by Crippen LogP contribution is -2.39. The summed E-state index contributed by atoms with van der Waals surface area (Å²) in [4.78, 5) is 22.6. The van der Waals surface area contributed by atoms with Gasteiger partial charge in [-0.2, -0.15) is 13.2 Å². The van der Waals surface area contributed by atoms with Gasteiger partial charge in [-0.1, -0.05) is 27.7 Å². The van der Waals surface area contributed by atoms with Gasteiger partial charge in [0.25, 0.3) is 10.0 Å². The molecule has 0 unspecified atom stereocenters. The van der Waals surface area contributed by atoms with Gasteiger partial charge in [-0.25, -0.2) is 0 Å². The van der Waals surface area contributed by atoms with Crippen LogP contribution in [-0.4, -0.2) is 46.2 Å². The van der Waals surface area contributed by atoms with Crippen LogP contribution in [0.15, 0.2) is 11.1 Å². The number of rotatable bonds is 11. The summed E-state index contributed by atoms with van der Waals surface area (Å²) in [5, 5.41) is 22.1. The molecule has 0 aliphatic rings. The van der Waals surface area contributed by atoms with Crippen molar-refractivity contribution in [1.29, 1.82) is 0 Å². The molecular weight excluding hydrogens is 429 g/mol. The zero-order valence-corrected chi connectivity index (χ0v) is 21.2. The number of carboxylic acid groups (broad SMARTS) is 2. The predicted molar refractivity (Wildman–Crippen MR) is 103 cm³/mol. The Kier molecular flexibility index (Phi) is 9.36. The Bertz CT molecular complexity index is 610. The van der Waals surface area contributed by atoms with Crippen LogP contribution < -0.4 is 10.2 Å². The second-order valence-electron chi connectivity index (χ2n) is 8.99. The number of hydrogen-bond donors (Lipinski definition) is 0. The van der Waals surface area contributed by atoms with Gasteiger partial charge >= 0.3 is 6.18 Å². The summed E-state index contributed by atoms with van der Waals surface area (Å²) in [5.41, 5.74) is -3.04. The molecule has 0 fully saturated rings. The zero-order chi connectivity index (χ0) is 22.6. The maximum Gasteiger partial charge on any atom is 0.393 e. The van der Waals surface area contributed by atoms with Crippen LogP contribution in [0.25, 0.3) is 0 Å². The maximum atomic E-state index is 12.7. The molecule has 0 N–H and O–H groups in total. The van der Waals surface area contributed by atoms with Crippen molar-refractivity contribution in [2.45, 2.75) is 71.4 Å². The van der Waals surface area contributed by atoms with Crippen molar-refractivity contribution in [3.8, 4) is 0 Å². The average Bonchev–Trinajstić information content (AvgIpc) is 2.44. The first-order chi connectivity index (χ1) is 12.3. The van der Waals surface area contributed by atoms with Crippen molar-refractivity contribution in [1.82, 2.24) is 0 Å². The van der Waals surface area contributed by atoms with Gasteiger partial charge in [0.05, 0.1) is 18.4 Å². The minimum absolute atomic E-state index is 0.408. The monoisotopic (exact) mass is 458 g/mol. The second kappa shape index (κ2) is 9.69.